The van der Waals surface area contributed by atoms with Gasteiger partial charge in [0, 0.05) is 37.5 Å². The van der Waals surface area contributed by atoms with E-state index in [1.54, 1.807) is 0 Å². The van der Waals surface area contributed by atoms with Gasteiger partial charge in [0.05, 0.1) is 0 Å². The molecule has 0 radical (unpaired) electrons. The first kappa shape index (κ1) is 28.8. The van der Waals surface area contributed by atoms with E-state index >= 15 is 0 Å². The molecule has 218 valence electrons. The van der Waals surface area contributed by atoms with Gasteiger partial charge in [-0.25, -0.2) is 0 Å². The Kier molecular flexibility index (Phi) is 9.37. The van der Waals surface area contributed by atoms with Crippen LogP contribution in [-0.2, 0) is 19.2 Å². The van der Waals surface area contributed by atoms with E-state index in [0.29, 0.717) is 0 Å². The highest BCUT2D eigenvalue weighted by molar-refractivity contribution is 5.91. The van der Waals surface area contributed by atoms with Crippen LogP contribution in [0, 0.1) is 11.8 Å². The molecule has 0 bridgehead atoms. The van der Waals surface area contributed by atoms with Crippen molar-refractivity contribution in [1.29, 1.82) is 0 Å². The van der Waals surface area contributed by atoms with Gasteiger partial charge in [0.25, 0.3) is 0 Å². The third-order valence-electron chi connectivity index (χ3n) is 8.48. The molecule has 4 amide bonds. The lowest BCUT2D eigenvalue weighted by molar-refractivity contribution is -0.137. The monoisotopic (exact) mass is 558 g/mol. The second kappa shape index (κ2) is 13.3. The molecule has 0 unspecified atom stereocenters. The number of hydrogen-bond acceptors (Lipinski definition) is 4. The fraction of sp³-hybridized carbons (Fsp3) is 0.515. The third-order valence-corrected chi connectivity index (χ3v) is 8.48. The minimum atomic E-state index is -0.542. The van der Waals surface area contributed by atoms with E-state index in [1.165, 1.54) is 0 Å². The molecule has 0 aromatic heterocycles. The van der Waals surface area contributed by atoms with Crippen molar-refractivity contribution in [3.05, 3.63) is 71.8 Å². The molecule has 0 spiro atoms. The largest absolute Gasteiger partial charge is 0.341 e. The van der Waals surface area contributed by atoms with Crippen LogP contribution < -0.4 is 10.6 Å². The van der Waals surface area contributed by atoms with Crippen LogP contribution in [0.1, 0.15) is 81.5 Å². The summed E-state index contributed by atoms with van der Waals surface area (Å²) in [6.45, 7) is 4.49. The van der Waals surface area contributed by atoms with Gasteiger partial charge in [-0.2, -0.15) is 0 Å². The molecule has 2 N–H and O–H groups in total. The van der Waals surface area contributed by atoms with Crippen LogP contribution in [-0.4, -0.2) is 59.1 Å². The van der Waals surface area contributed by atoms with E-state index in [2.05, 4.69) is 17.6 Å². The average Bonchev–Trinajstić information content (AvgIpc) is 3.94. The van der Waals surface area contributed by atoms with Gasteiger partial charge in [0.15, 0.2) is 0 Å². The van der Waals surface area contributed by atoms with Crippen molar-refractivity contribution in [1.82, 2.24) is 20.4 Å². The highest BCUT2D eigenvalue weighted by atomic mass is 16.2. The number of hydrogen-bond donors (Lipinski definition) is 2. The molecular weight excluding hydrogens is 516 g/mol. The third kappa shape index (κ3) is 7.54. The van der Waals surface area contributed by atoms with E-state index in [1.807, 2.05) is 70.5 Å². The predicted molar refractivity (Wildman–Crippen MR) is 156 cm³/mol. The van der Waals surface area contributed by atoms with Crippen molar-refractivity contribution in [2.24, 2.45) is 11.8 Å². The Labute approximate surface area is 242 Å². The van der Waals surface area contributed by atoms with Crippen molar-refractivity contribution >= 4 is 23.6 Å². The minimum Gasteiger partial charge on any atom is -0.341 e. The maximum atomic E-state index is 12.8. The molecule has 4 aliphatic rings. The molecule has 8 heteroatoms. The van der Waals surface area contributed by atoms with Gasteiger partial charge >= 0.3 is 0 Å². The molecule has 2 aromatic rings. The molecule has 2 aliphatic carbocycles. The summed E-state index contributed by atoms with van der Waals surface area (Å²) in [7, 11) is 0. The van der Waals surface area contributed by atoms with E-state index < -0.39 is 12.1 Å². The number of nitrogens with zero attached hydrogens (tertiary/aromatic N) is 2. The van der Waals surface area contributed by atoms with Crippen LogP contribution in [0.2, 0.25) is 0 Å². The summed E-state index contributed by atoms with van der Waals surface area (Å²) in [5.74, 6) is 0.325. The van der Waals surface area contributed by atoms with Gasteiger partial charge in [-0.1, -0.05) is 60.7 Å². The number of amides is 4. The first-order chi connectivity index (χ1) is 19.9. The van der Waals surface area contributed by atoms with E-state index in [4.69, 9.17) is 0 Å². The van der Waals surface area contributed by atoms with Crippen molar-refractivity contribution < 1.29 is 19.2 Å². The Bertz CT molecular complexity index is 1210. The van der Waals surface area contributed by atoms with Gasteiger partial charge in [-0.05, 0) is 69.4 Å². The van der Waals surface area contributed by atoms with Crippen LogP contribution in [0.5, 0.6) is 0 Å². The van der Waals surface area contributed by atoms with Gasteiger partial charge in [0.2, 0.25) is 23.6 Å². The van der Waals surface area contributed by atoms with E-state index in [-0.39, 0.29) is 41.5 Å². The summed E-state index contributed by atoms with van der Waals surface area (Å²) in [6.07, 6.45) is 8.00. The molecular formula is C33H42N4O4. The number of rotatable bonds is 8. The minimum absolute atomic E-state index is 0.0176. The van der Waals surface area contributed by atoms with E-state index in [9.17, 15) is 19.2 Å². The lowest BCUT2D eigenvalue weighted by atomic mass is 10.0. The summed E-state index contributed by atoms with van der Waals surface area (Å²) in [6, 6.07) is 18.3. The zero-order valence-electron chi connectivity index (χ0n) is 24.0. The molecule has 4 fully saturated rings. The Balaban J connectivity index is 0.000000165. The van der Waals surface area contributed by atoms with Crippen LogP contribution in [0.4, 0.5) is 0 Å². The van der Waals surface area contributed by atoms with Crippen molar-refractivity contribution in [2.45, 2.75) is 76.4 Å². The molecule has 8 nitrogen and oxygen atoms in total. The summed E-state index contributed by atoms with van der Waals surface area (Å²) >= 11 is 0. The van der Waals surface area contributed by atoms with Crippen molar-refractivity contribution in [2.75, 3.05) is 19.6 Å². The summed E-state index contributed by atoms with van der Waals surface area (Å²) in [5.41, 5.74) is 1.74. The molecule has 2 saturated heterocycles. The zero-order valence-corrected chi connectivity index (χ0v) is 24.0. The maximum Gasteiger partial charge on any atom is 0.250 e. The normalized spacial score (nSPS) is 21.3. The maximum absolute atomic E-state index is 12.8. The Hall–Kier alpha value is -3.68. The van der Waals surface area contributed by atoms with E-state index in [0.717, 1.165) is 82.1 Å². The standard InChI is InChI=1S/C17H22N2O2.C16H20N2O2/c1-12-6-5-11-19(12)17(21)15(13-7-3-2-4-8-13)18-16(20)14-9-10-14;19-15(13-8-9-13)17-14(12-6-2-1-3-7-12)16(20)18-10-4-5-11-18/h2-4,7-8,12,14-15H,5-6,9-11H2,1H3,(H,18,20);1-3,6-7,13-14H,4-5,8-11H2,(H,17,19)/t12-,15+;14-/m10/s1. The second-order valence-corrected chi connectivity index (χ2v) is 11.8. The highest BCUT2D eigenvalue weighted by Crippen LogP contribution is 2.31. The van der Waals surface area contributed by atoms with Gasteiger partial charge in [-0.3, -0.25) is 19.2 Å². The molecule has 41 heavy (non-hydrogen) atoms. The van der Waals surface area contributed by atoms with Crippen molar-refractivity contribution in [3.63, 3.8) is 0 Å². The van der Waals surface area contributed by atoms with Gasteiger partial charge < -0.3 is 20.4 Å². The van der Waals surface area contributed by atoms with Gasteiger partial charge in [0.1, 0.15) is 12.1 Å². The smallest absolute Gasteiger partial charge is 0.250 e. The number of benzene rings is 2. The Morgan fingerprint density at radius 1 is 0.634 bits per heavy atom. The second-order valence-electron chi connectivity index (χ2n) is 11.8. The zero-order chi connectivity index (χ0) is 28.8. The summed E-state index contributed by atoms with van der Waals surface area (Å²) < 4.78 is 0. The molecule has 2 aliphatic heterocycles. The number of carbonyl (C=O) groups is 4. The molecule has 3 atom stereocenters. The lowest BCUT2D eigenvalue weighted by Crippen LogP contribution is -2.44. The van der Waals surface area contributed by atoms with Crippen molar-refractivity contribution in [3.8, 4) is 0 Å². The fourth-order valence-corrected chi connectivity index (χ4v) is 5.62. The number of likely N-dealkylation sites (tertiary alicyclic amines) is 2. The van der Waals surface area contributed by atoms with Crippen LogP contribution in [0.3, 0.4) is 0 Å². The SMILES string of the molecule is C[C@@H]1CCCN1C(=O)[C@@H](NC(=O)C1CC1)c1ccccc1.O=C(N[C@H](C(=O)N1CCCC1)c1ccccc1)C1CC1. The molecule has 2 heterocycles. The predicted octanol–water partition coefficient (Wildman–Crippen LogP) is 4.14. The number of nitrogens with one attached hydrogen (secondary N) is 2. The average molecular weight is 559 g/mol. The summed E-state index contributed by atoms with van der Waals surface area (Å²) in [4.78, 5) is 53.4. The topological polar surface area (TPSA) is 98.8 Å². The Morgan fingerprint density at radius 2 is 1.10 bits per heavy atom. The van der Waals surface area contributed by atoms with Gasteiger partial charge in [-0.15, -0.1) is 0 Å². The lowest BCUT2D eigenvalue weighted by Gasteiger charge is -2.27. The van der Waals surface area contributed by atoms with Crippen LogP contribution in [0.15, 0.2) is 60.7 Å². The molecule has 2 aromatic carbocycles. The molecule has 6 rings (SSSR count). The fourth-order valence-electron chi connectivity index (χ4n) is 5.62. The Morgan fingerprint density at radius 3 is 1.51 bits per heavy atom. The summed E-state index contributed by atoms with van der Waals surface area (Å²) in [5, 5.41) is 5.90. The molecule has 2 saturated carbocycles. The van der Waals surface area contributed by atoms with Crippen LogP contribution >= 0.6 is 0 Å². The number of carbonyl (C=O) groups excluding carboxylic acids is 4. The van der Waals surface area contributed by atoms with Crippen LogP contribution in [0.25, 0.3) is 0 Å². The first-order valence-electron chi connectivity index (χ1n) is 15.2. The first-order valence-corrected chi connectivity index (χ1v) is 15.2. The quantitative estimate of drug-likeness (QED) is 0.509. The highest BCUT2D eigenvalue weighted by Gasteiger charge is 2.37.